The summed E-state index contributed by atoms with van der Waals surface area (Å²) < 4.78 is 2.29. The number of carbonyl (C=O) groups excluding carboxylic acids is 1. The highest BCUT2D eigenvalue weighted by atomic mass is 127. The first-order valence-corrected chi connectivity index (χ1v) is 11.1. The molecule has 1 aromatic heterocycles. The average molecular weight is 545 g/mol. The Morgan fingerprint density at radius 3 is 2.59 bits per heavy atom. The number of carbonyl (C=O) groups is 1. The van der Waals surface area contributed by atoms with Crippen LogP contribution in [0.1, 0.15) is 30.4 Å². The minimum absolute atomic E-state index is 0. The summed E-state index contributed by atoms with van der Waals surface area (Å²) in [6.45, 7) is 4.04. The number of hydrogen-bond acceptors (Lipinski definition) is 2. The highest BCUT2D eigenvalue weighted by Gasteiger charge is 2.20. The molecule has 6 nitrogen and oxygen atoms in total. The molecule has 0 atom stereocenters. The summed E-state index contributed by atoms with van der Waals surface area (Å²) in [5, 5.41) is 8.10. The van der Waals surface area contributed by atoms with Gasteiger partial charge >= 0.3 is 0 Å². The third-order valence-corrected chi connectivity index (χ3v) is 5.87. The molecule has 2 heterocycles. The standard InChI is InChI=1S/C25H31N5O.HI/c1-26-25(27-14-7-16-29-17-13-20-8-4-5-11-23(20)29)28-18-21-9-2-3-10-22(21)19-30-15-6-12-24(30)31;/h2-5,8-11,13,17H,6-7,12,14-16,18-19H2,1H3,(H2,26,27,28);1H. The number of para-hydroxylation sites is 1. The SMILES string of the molecule is CN=C(NCCCn1ccc2ccccc21)NCc1ccccc1CN1CCCC1=O.I. The quantitative estimate of drug-likeness (QED) is 0.194. The maximum Gasteiger partial charge on any atom is 0.222 e. The van der Waals surface area contributed by atoms with Crippen molar-refractivity contribution in [2.75, 3.05) is 20.1 Å². The molecule has 0 radical (unpaired) electrons. The lowest BCUT2D eigenvalue weighted by atomic mass is 10.1. The Hall–Kier alpha value is -2.55. The van der Waals surface area contributed by atoms with E-state index in [9.17, 15) is 4.79 Å². The molecule has 2 N–H and O–H groups in total. The molecule has 0 bridgehead atoms. The first-order chi connectivity index (χ1) is 15.2. The molecule has 1 amide bonds. The Bertz CT molecular complexity index is 1060. The van der Waals surface area contributed by atoms with Crippen LogP contribution in [0.3, 0.4) is 0 Å². The molecular weight excluding hydrogens is 513 g/mol. The van der Waals surface area contributed by atoms with Gasteiger partial charge < -0.3 is 20.1 Å². The van der Waals surface area contributed by atoms with Crippen molar-refractivity contribution in [3.8, 4) is 0 Å². The highest BCUT2D eigenvalue weighted by molar-refractivity contribution is 14.0. The van der Waals surface area contributed by atoms with E-state index in [4.69, 9.17) is 0 Å². The summed E-state index contributed by atoms with van der Waals surface area (Å²) in [5.74, 6) is 1.06. The van der Waals surface area contributed by atoms with E-state index in [1.165, 1.54) is 22.0 Å². The molecule has 32 heavy (non-hydrogen) atoms. The number of benzene rings is 2. The van der Waals surface area contributed by atoms with Gasteiger partial charge in [0, 0.05) is 57.9 Å². The van der Waals surface area contributed by atoms with Crippen LogP contribution >= 0.6 is 24.0 Å². The average Bonchev–Trinajstić information content (AvgIpc) is 3.40. The monoisotopic (exact) mass is 545 g/mol. The zero-order chi connectivity index (χ0) is 21.5. The van der Waals surface area contributed by atoms with Crippen molar-refractivity contribution in [1.29, 1.82) is 0 Å². The van der Waals surface area contributed by atoms with E-state index < -0.39 is 0 Å². The second kappa shape index (κ2) is 11.9. The van der Waals surface area contributed by atoms with Crippen molar-refractivity contribution in [3.05, 3.63) is 71.9 Å². The van der Waals surface area contributed by atoms with Crippen LogP contribution in [-0.2, 0) is 24.4 Å². The Morgan fingerprint density at radius 1 is 1.03 bits per heavy atom. The predicted octanol–water partition coefficient (Wildman–Crippen LogP) is 4.14. The van der Waals surface area contributed by atoms with Gasteiger partial charge in [-0.2, -0.15) is 0 Å². The number of aliphatic imine (C=N–C) groups is 1. The molecule has 170 valence electrons. The summed E-state index contributed by atoms with van der Waals surface area (Å²) in [5.41, 5.74) is 3.67. The van der Waals surface area contributed by atoms with Gasteiger partial charge in [0.2, 0.25) is 5.91 Å². The van der Waals surface area contributed by atoms with E-state index in [0.717, 1.165) is 38.4 Å². The van der Waals surface area contributed by atoms with E-state index >= 15 is 0 Å². The lowest BCUT2D eigenvalue weighted by molar-refractivity contribution is -0.128. The number of amides is 1. The Balaban J connectivity index is 0.00000289. The second-order valence-corrected chi connectivity index (χ2v) is 7.96. The third kappa shape index (κ3) is 6.03. The van der Waals surface area contributed by atoms with E-state index in [1.54, 1.807) is 7.05 Å². The van der Waals surface area contributed by atoms with Gasteiger partial charge in [-0.3, -0.25) is 9.79 Å². The van der Waals surface area contributed by atoms with Crippen LogP contribution in [-0.4, -0.2) is 41.5 Å². The van der Waals surface area contributed by atoms with Crippen LogP contribution in [0, 0.1) is 0 Å². The first-order valence-electron chi connectivity index (χ1n) is 11.1. The Kier molecular flexibility index (Phi) is 8.96. The first kappa shape index (κ1) is 24.1. The van der Waals surface area contributed by atoms with Crippen LogP contribution in [0.25, 0.3) is 10.9 Å². The highest BCUT2D eigenvalue weighted by Crippen LogP contribution is 2.17. The minimum Gasteiger partial charge on any atom is -0.356 e. The van der Waals surface area contributed by atoms with Gasteiger partial charge in [0.05, 0.1) is 0 Å². The number of guanidine groups is 1. The van der Waals surface area contributed by atoms with Gasteiger partial charge in [0.25, 0.3) is 0 Å². The van der Waals surface area contributed by atoms with Crippen molar-refractivity contribution >= 4 is 46.7 Å². The molecular formula is C25H32IN5O. The second-order valence-electron chi connectivity index (χ2n) is 7.96. The Labute approximate surface area is 207 Å². The molecule has 1 fully saturated rings. The topological polar surface area (TPSA) is 61.7 Å². The van der Waals surface area contributed by atoms with Crippen molar-refractivity contribution in [3.63, 3.8) is 0 Å². The summed E-state index contributed by atoms with van der Waals surface area (Å²) in [4.78, 5) is 18.3. The van der Waals surface area contributed by atoms with Gasteiger partial charge in [-0.1, -0.05) is 42.5 Å². The number of likely N-dealkylation sites (tertiary alicyclic amines) is 1. The molecule has 7 heteroatoms. The van der Waals surface area contributed by atoms with E-state index in [-0.39, 0.29) is 29.9 Å². The van der Waals surface area contributed by atoms with Crippen LogP contribution in [0.4, 0.5) is 0 Å². The summed E-state index contributed by atoms with van der Waals surface area (Å²) in [6.07, 6.45) is 4.80. The number of rotatable bonds is 8. The summed E-state index contributed by atoms with van der Waals surface area (Å²) >= 11 is 0. The molecule has 0 saturated carbocycles. The third-order valence-electron chi connectivity index (χ3n) is 5.87. The Morgan fingerprint density at radius 2 is 1.81 bits per heavy atom. The molecule has 0 spiro atoms. The van der Waals surface area contributed by atoms with Crippen LogP contribution < -0.4 is 10.6 Å². The number of nitrogens with one attached hydrogen (secondary N) is 2. The van der Waals surface area contributed by atoms with E-state index in [2.05, 4.69) is 68.9 Å². The van der Waals surface area contributed by atoms with Crippen molar-refractivity contribution in [1.82, 2.24) is 20.1 Å². The molecule has 0 aliphatic carbocycles. The number of halogens is 1. The largest absolute Gasteiger partial charge is 0.356 e. The predicted molar refractivity (Wildman–Crippen MR) is 141 cm³/mol. The lowest BCUT2D eigenvalue weighted by Gasteiger charge is -2.19. The molecule has 1 aliphatic rings. The van der Waals surface area contributed by atoms with Gasteiger partial charge in [-0.05, 0) is 41.5 Å². The maximum absolute atomic E-state index is 12.0. The van der Waals surface area contributed by atoms with Gasteiger partial charge in [0.15, 0.2) is 5.96 Å². The zero-order valence-electron chi connectivity index (χ0n) is 18.6. The summed E-state index contributed by atoms with van der Waals surface area (Å²) in [7, 11) is 1.80. The summed E-state index contributed by atoms with van der Waals surface area (Å²) in [6, 6.07) is 18.9. The van der Waals surface area contributed by atoms with E-state index in [0.29, 0.717) is 19.5 Å². The zero-order valence-corrected chi connectivity index (χ0v) is 20.9. The van der Waals surface area contributed by atoms with Gasteiger partial charge in [-0.15, -0.1) is 24.0 Å². The molecule has 3 aromatic rings. The fourth-order valence-corrected chi connectivity index (χ4v) is 4.15. The minimum atomic E-state index is 0. The van der Waals surface area contributed by atoms with Gasteiger partial charge in [0.1, 0.15) is 0 Å². The number of aryl methyl sites for hydroxylation is 1. The molecule has 2 aromatic carbocycles. The number of fused-ring (bicyclic) bond motifs is 1. The normalized spacial score (nSPS) is 14.0. The molecule has 4 rings (SSSR count). The van der Waals surface area contributed by atoms with Crippen molar-refractivity contribution < 1.29 is 4.79 Å². The number of hydrogen-bond donors (Lipinski definition) is 2. The smallest absolute Gasteiger partial charge is 0.222 e. The molecule has 1 aliphatic heterocycles. The maximum atomic E-state index is 12.0. The van der Waals surface area contributed by atoms with Crippen molar-refractivity contribution in [2.24, 2.45) is 4.99 Å². The van der Waals surface area contributed by atoms with Crippen molar-refractivity contribution in [2.45, 2.75) is 38.9 Å². The van der Waals surface area contributed by atoms with E-state index in [1.807, 2.05) is 17.0 Å². The van der Waals surface area contributed by atoms with Crippen LogP contribution in [0.5, 0.6) is 0 Å². The lowest BCUT2D eigenvalue weighted by Crippen LogP contribution is -2.37. The number of nitrogens with zero attached hydrogens (tertiary/aromatic N) is 3. The van der Waals surface area contributed by atoms with Crippen LogP contribution in [0.15, 0.2) is 65.8 Å². The number of aromatic nitrogens is 1. The fraction of sp³-hybridized carbons (Fsp3) is 0.360. The van der Waals surface area contributed by atoms with Gasteiger partial charge in [-0.25, -0.2) is 0 Å². The fourth-order valence-electron chi connectivity index (χ4n) is 4.15. The van der Waals surface area contributed by atoms with Crippen LogP contribution in [0.2, 0.25) is 0 Å². The molecule has 1 saturated heterocycles. The molecule has 0 unspecified atom stereocenters.